The molecule has 0 spiro atoms. The number of benzene rings is 2. The minimum atomic E-state index is -0.798. The maximum absolute atomic E-state index is 11.0. The summed E-state index contributed by atoms with van der Waals surface area (Å²) in [5.41, 5.74) is 5.09. The van der Waals surface area contributed by atoms with E-state index in [0.717, 1.165) is 40.1 Å². The quantitative estimate of drug-likeness (QED) is 0.609. The van der Waals surface area contributed by atoms with Gasteiger partial charge in [-0.05, 0) is 55.2 Å². The first-order chi connectivity index (χ1) is 13.5. The molecule has 0 radical (unpaired) electrons. The lowest BCUT2D eigenvalue weighted by Crippen LogP contribution is -2.34. The number of hydrogen-bond donors (Lipinski definition) is 3. The van der Waals surface area contributed by atoms with Crippen molar-refractivity contribution in [2.75, 3.05) is 18.4 Å². The van der Waals surface area contributed by atoms with Crippen LogP contribution in [0.5, 0.6) is 5.75 Å². The molecule has 0 fully saturated rings. The van der Waals surface area contributed by atoms with Gasteiger partial charge in [0.15, 0.2) is 0 Å². The van der Waals surface area contributed by atoms with Crippen molar-refractivity contribution < 1.29 is 14.6 Å². The molecule has 28 heavy (non-hydrogen) atoms. The van der Waals surface area contributed by atoms with Crippen LogP contribution in [0.3, 0.4) is 0 Å². The maximum Gasteiger partial charge on any atom is 0.317 e. The molecule has 6 nitrogen and oxygen atoms in total. The Morgan fingerprint density at radius 1 is 1.36 bits per heavy atom. The first-order valence-corrected chi connectivity index (χ1v) is 9.54. The Balaban J connectivity index is 1.70. The molecule has 3 rings (SSSR count). The number of nitrogens with one attached hydrogen (secondary N) is 2. The number of hydrogen-bond acceptors (Lipinski definition) is 5. The molecular weight excluding hydrogens is 354 g/mol. The summed E-state index contributed by atoms with van der Waals surface area (Å²) in [6.07, 6.45) is 2.14. The van der Waals surface area contributed by atoms with E-state index in [-0.39, 0.29) is 6.54 Å². The van der Waals surface area contributed by atoms with Gasteiger partial charge < -0.3 is 20.6 Å². The van der Waals surface area contributed by atoms with E-state index in [0.29, 0.717) is 25.7 Å². The van der Waals surface area contributed by atoms with Crippen LogP contribution < -0.4 is 10.1 Å². The van der Waals surface area contributed by atoms with Crippen LogP contribution in [0, 0.1) is 5.41 Å². The minimum absolute atomic E-state index is 0.0632. The van der Waals surface area contributed by atoms with Gasteiger partial charge in [0.05, 0.1) is 6.54 Å². The van der Waals surface area contributed by atoms with Crippen LogP contribution in [-0.4, -0.2) is 41.3 Å². The topological polar surface area (TPSA) is 85.7 Å². The van der Waals surface area contributed by atoms with Gasteiger partial charge in [0.1, 0.15) is 12.4 Å². The first-order valence-electron chi connectivity index (χ1n) is 9.54. The summed E-state index contributed by atoms with van der Waals surface area (Å²) in [5, 5.41) is 20.0. The van der Waals surface area contributed by atoms with Crippen molar-refractivity contribution in [1.29, 1.82) is 5.41 Å². The Morgan fingerprint density at radius 3 is 2.89 bits per heavy atom. The second kappa shape index (κ2) is 8.89. The highest BCUT2D eigenvalue weighted by atomic mass is 16.5. The van der Waals surface area contributed by atoms with Crippen LogP contribution in [0.1, 0.15) is 36.1 Å². The molecule has 1 heterocycles. The van der Waals surface area contributed by atoms with Gasteiger partial charge >= 0.3 is 5.97 Å². The summed E-state index contributed by atoms with van der Waals surface area (Å²) < 4.78 is 6.10. The van der Waals surface area contributed by atoms with E-state index in [9.17, 15) is 4.79 Å². The number of carboxylic acid groups (broad SMARTS) is 1. The summed E-state index contributed by atoms with van der Waals surface area (Å²) in [6, 6.07) is 12.2. The van der Waals surface area contributed by atoms with E-state index < -0.39 is 5.97 Å². The highest BCUT2D eigenvalue weighted by molar-refractivity contribution is 5.86. The normalized spacial score (nSPS) is 13.8. The Hall–Kier alpha value is -2.86. The van der Waals surface area contributed by atoms with Gasteiger partial charge in [-0.2, -0.15) is 0 Å². The Labute approximate surface area is 165 Å². The van der Waals surface area contributed by atoms with Crippen molar-refractivity contribution in [3.8, 4) is 5.75 Å². The summed E-state index contributed by atoms with van der Waals surface area (Å²) in [5.74, 6) is 0.0570. The van der Waals surface area contributed by atoms with Crippen LogP contribution in [0.2, 0.25) is 0 Å². The predicted octanol–water partition coefficient (Wildman–Crippen LogP) is 3.53. The lowest BCUT2D eigenvalue weighted by atomic mass is 9.98. The van der Waals surface area contributed by atoms with Gasteiger partial charge in [-0.15, -0.1) is 0 Å². The van der Waals surface area contributed by atoms with Crippen LogP contribution in [0.25, 0.3) is 0 Å². The lowest BCUT2D eigenvalue weighted by molar-refractivity contribution is -0.138. The SMILES string of the molecule is CC(C)Nc1ccc(COc2cccc3c2CCN(CC(=O)O)C3)cc1C=N. The third-order valence-corrected chi connectivity index (χ3v) is 4.77. The number of aliphatic carboxylic acids is 1. The molecule has 2 aromatic carbocycles. The monoisotopic (exact) mass is 381 g/mol. The average molecular weight is 381 g/mol. The maximum atomic E-state index is 11.0. The molecule has 0 unspecified atom stereocenters. The zero-order chi connectivity index (χ0) is 20.1. The van der Waals surface area contributed by atoms with E-state index in [1.807, 2.05) is 41.3 Å². The van der Waals surface area contributed by atoms with Gasteiger partial charge in [0, 0.05) is 36.6 Å². The Kier molecular flexibility index (Phi) is 6.31. The third kappa shape index (κ3) is 4.89. The molecule has 0 saturated heterocycles. The van der Waals surface area contributed by atoms with Crippen LogP contribution in [-0.2, 0) is 24.4 Å². The van der Waals surface area contributed by atoms with Crippen molar-refractivity contribution in [3.63, 3.8) is 0 Å². The van der Waals surface area contributed by atoms with E-state index in [2.05, 4.69) is 19.2 Å². The van der Waals surface area contributed by atoms with Crippen LogP contribution in [0.4, 0.5) is 5.69 Å². The fourth-order valence-corrected chi connectivity index (χ4v) is 3.52. The molecule has 1 aliphatic rings. The summed E-state index contributed by atoms with van der Waals surface area (Å²) >= 11 is 0. The number of rotatable bonds is 8. The molecule has 0 bridgehead atoms. The van der Waals surface area contributed by atoms with Crippen LogP contribution in [0.15, 0.2) is 36.4 Å². The molecule has 0 amide bonds. The number of carbonyl (C=O) groups is 1. The zero-order valence-electron chi connectivity index (χ0n) is 16.4. The molecule has 6 heteroatoms. The summed E-state index contributed by atoms with van der Waals surface area (Å²) in [7, 11) is 0. The lowest BCUT2D eigenvalue weighted by Gasteiger charge is -2.28. The average Bonchev–Trinajstić information content (AvgIpc) is 2.66. The molecule has 3 N–H and O–H groups in total. The summed E-state index contributed by atoms with van der Waals surface area (Å²) in [4.78, 5) is 12.9. The fraction of sp³-hybridized carbons (Fsp3) is 0.364. The van der Waals surface area contributed by atoms with E-state index >= 15 is 0 Å². The van der Waals surface area contributed by atoms with Gasteiger partial charge in [0.25, 0.3) is 0 Å². The number of ether oxygens (including phenoxy) is 1. The zero-order valence-corrected chi connectivity index (χ0v) is 16.4. The van der Waals surface area contributed by atoms with Gasteiger partial charge in [-0.3, -0.25) is 9.69 Å². The van der Waals surface area contributed by atoms with Crippen molar-refractivity contribution in [3.05, 3.63) is 58.7 Å². The second-order valence-corrected chi connectivity index (χ2v) is 7.40. The molecule has 1 aliphatic heterocycles. The Bertz CT molecular complexity index is 864. The number of carboxylic acids is 1. The number of nitrogens with zero attached hydrogens (tertiary/aromatic N) is 1. The molecular formula is C22H27N3O3. The van der Waals surface area contributed by atoms with E-state index in [1.54, 1.807) is 0 Å². The Morgan fingerprint density at radius 2 is 2.18 bits per heavy atom. The van der Waals surface area contributed by atoms with Crippen molar-refractivity contribution in [1.82, 2.24) is 4.90 Å². The number of anilines is 1. The smallest absolute Gasteiger partial charge is 0.317 e. The van der Waals surface area contributed by atoms with Gasteiger partial charge in [0.2, 0.25) is 0 Å². The minimum Gasteiger partial charge on any atom is -0.489 e. The third-order valence-electron chi connectivity index (χ3n) is 4.77. The largest absolute Gasteiger partial charge is 0.489 e. The van der Waals surface area contributed by atoms with E-state index in [1.165, 1.54) is 6.21 Å². The van der Waals surface area contributed by atoms with Gasteiger partial charge in [-0.1, -0.05) is 18.2 Å². The second-order valence-electron chi connectivity index (χ2n) is 7.40. The first kappa shape index (κ1) is 19.9. The van der Waals surface area contributed by atoms with Crippen molar-refractivity contribution in [2.45, 2.75) is 39.5 Å². The van der Waals surface area contributed by atoms with Crippen LogP contribution >= 0.6 is 0 Å². The standard InChI is InChI=1S/C22H27N3O3/c1-15(2)24-20-7-6-16(10-18(20)11-23)14-28-21-5-3-4-17-12-25(13-22(26)27)9-8-19(17)21/h3-7,10-11,15,23-24H,8-9,12-14H2,1-2H3,(H,26,27). The molecule has 0 atom stereocenters. The summed E-state index contributed by atoms with van der Waals surface area (Å²) in [6.45, 7) is 5.98. The highest BCUT2D eigenvalue weighted by Crippen LogP contribution is 2.29. The molecule has 0 aromatic heterocycles. The molecule has 148 valence electrons. The van der Waals surface area contributed by atoms with Crippen molar-refractivity contribution in [2.24, 2.45) is 0 Å². The fourth-order valence-electron chi connectivity index (χ4n) is 3.52. The van der Waals surface area contributed by atoms with Gasteiger partial charge in [-0.25, -0.2) is 0 Å². The predicted molar refractivity (Wildman–Crippen MR) is 110 cm³/mol. The van der Waals surface area contributed by atoms with Crippen molar-refractivity contribution >= 4 is 17.9 Å². The highest BCUT2D eigenvalue weighted by Gasteiger charge is 2.21. The molecule has 0 aliphatic carbocycles. The molecule has 0 saturated carbocycles. The molecule has 2 aromatic rings. The van der Waals surface area contributed by atoms with E-state index in [4.69, 9.17) is 15.3 Å². The number of fused-ring (bicyclic) bond motifs is 1.